The predicted molar refractivity (Wildman–Crippen MR) is 268 cm³/mol. The predicted octanol–water partition coefficient (Wildman–Crippen LogP) is 7.12. The van der Waals surface area contributed by atoms with Crippen LogP contribution in [0, 0.1) is 0 Å². The topological polar surface area (TPSA) is 245 Å². The van der Waals surface area contributed by atoms with Crippen LogP contribution in [0.4, 0.5) is 38.0 Å². The molecule has 0 fully saturated rings. The first-order valence-corrected chi connectivity index (χ1v) is 22.9. The Labute approximate surface area is 401 Å². The van der Waals surface area contributed by atoms with Gasteiger partial charge in [0, 0.05) is 64.8 Å². The summed E-state index contributed by atoms with van der Waals surface area (Å²) in [6.07, 6.45) is 1.92. The standard InChI is InChI=1S/C50H48N10O8S/c1-2-67-48(64)42-43(62)41(69-47(42)56-34-7-4-3-5-8-34)26-30-9-18-40(39(61)25-30)68-24-6-19-55-46(63)33-27-37(59-49(65)57-35-14-10-31(11-15-35)44-51-20-21-52-44)29-38(28-33)60-50(66)58-36-16-12-32(13-17-36)45-53-22-23-54-45/h3-5,7-18,25-29,56,61H,2,6,19-24H2,1H3,(H,51,52)(H,53,54)(H,55,63)(H2,57,59,65)(H2,58,60,66)/b41-26-. The SMILES string of the molecule is CCOC(=O)C1=C(Nc2ccccc2)S/C(=C\c2ccc(OCCCNC(=O)c3cc(NC(=O)Nc4ccc(C5=NCCN5)cc4)cc(NC(=O)Nc4ccc(C5=NCCN5)cc4)c3)c(O)c2)C1=O. The quantitative estimate of drug-likeness (QED) is 0.0196. The van der Waals surface area contributed by atoms with E-state index >= 15 is 0 Å². The second kappa shape index (κ2) is 22.3. The molecule has 0 saturated heterocycles. The third-order valence-corrected chi connectivity index (χ3v) is 11.5. The van der Waals surface area contributed by atoms with E-state index in [0.717, 1.165) is 47.6 Å². The molecule has 18 nitrogen and oxygen atoms in total. The number of aliphatic imine (C=N–C) groups is 2. The number of carbonyl (C=O) groups is 5. The number of carbonyl (C=O) groups excluding carboxylic acids is 5. The van der Waals surface area contributed by atoms with Crippen LogP contribution in [0.25, 0.3) is 6.08 Å². The molecule has 0 aliphatic carbocycles. The number of ketones is 1. The van der Waals surface area contributed by atoms with Crippen molar-refractivity contribution in [2.75, 3.05) is 72.5 Å². The van der Waals surface area contributed by atoms with Crippen LogP contribution in [0.15, 0.2) is 141 Å². The third-order valence-electron chi connectivity index (χ3n) is 10.4. The van der Waals surface area contributed by atoms with Crippen LogP contribution in [0.1, 0.15) is 40.4 Å². The van der Waals surface area contributed by atoms with Gasteiger partial charge in [-0.1, -0.05) is 36.0 Å². The van der Waals surface area contributed by atoms with Crippen LogP contribution >= 0.6 is 11.8 Å². The van der Waals surface area contributed by atoms with E-state index in [0.29, 0.717) is 47.2 Å². The molecular weight excluding hydrogens is 901 g/mol. The Kier molecular flexibility index (Phi) is 15.1. The number of phenolic OH excluding ortho intramolecular Hbond substituents is 1. The molecule has 0 unspecified atom stereocenters. The van der Waals surface area contributed by atoms with Crippen LogP contribution in [0.2, 0.25) is 0 Å². The number of aromatic hydroxyl groups is 1. The van der Waals surface area contributed by atoms with Crippen molar-refractivity contribution in [1.82, 2.24) is 16.0 Å². The second-order valence-electron chi connectivity index (χ2n) is 15.5. The van der Waals surface area contributed by atoms with E-state index in [2.05, 4.69) is 52.5 Å². The number of thioether (sulfide) groups is 1. The first kappa shape index (κ1) is 46.9. The molecule has 3 aliphatic heterocycles. The van der Waals surface area contributed by atoms with Crippen LogP contribution in [-0.4, -0.2) is 92.4 Å². The van der Waals surface area contributed by atoms with Crippen molar-refractivity contribution in [1.29, 1.82) is 0 Å². The van der Waals surface area contributed by atoms with E-state index in [9.17, 15) is 29.1 Å². The molecule has 5 amide bonds. The van der Waals surface area contributed by atoms with Gasteiger partial charge in [-0.25, -0.2) is 14.4 Å². The molecule has 69 heavy (non-hydrogen) atoms. The molecule has 5 aromatic carbocycles. The molecule has 3 aliphatic rings. The first-order chi connectivity index (χ1) is 33.6. The van der Waals surface area contributed by atoms with Gasteiger partial charge in [-0.15, -0.1) is 0 Å². The molecule has 0 atom stereocenters. The van der Waals surface area contributed by atoms with Crippen LogP contribution < -0.4 is 47.3 Å². The number of amides is 5. The lowest BCUT2D eigenvalue weighted by Crippen LogP contribution is -2.26. The average molecular weight is 949 g/mol. The molecular formula is C50H48N10O8S. The summed E-state index contributed by atoms with van der Waals surface area (Å²) in [6.45, 7) is 5.01. The number of para-hydroxylation sites is 1. The Morgan fingerprint density at radius 3 is 1.87 bits per heavy atom. The average Bonchev–Trinajstić information content (AvgIpc) is 4.14. The Balaban J connectivity index is 0.874. The highest BCUT2D eigenvalue weighted by molar-refractivity contribution is 8.08. The maximum absolute atomic E-state index is 13.5. The number of allylic oxidation sites excluding steroid dienone is 1. The number of phenols is 1. The van der Waals surface area contributed by atoms with Crippen LogP contribution in [-0.2, 0) is 14.3 Å². The highest BCUT2D eigenvalue weighted by Crippen LogP contribution is 2.41. The molecule has 0 saturated carbocycles. The van der Waals surface area contributed by atoms with E-state index in [1.165, 1.54) is 24.3 Å². The minimum Gasteiger partial charge on any atom is -0.504 e. The van der Waals surface area contributed by atoms with Gasteiger partial charge in [0.2, 0.25) is 5.78 Å². The van der Waals surface area contributed by atoms with Gasteiger partial charge >= 0.3 is 18.0 Å². The zero-order chi connectivity index (χ0) is 48.1. The summed E-state index contributed by atoms with van der Waals surface area (Å²) in [5, 5.41) is 34.7. The monoisotopic (exact) mass is 948 g/mol. The highest BCUT2D eigenvalue weighted by Gasteiger charge is 2.35. The molecule has 8 rings (SSSR count). The van der Waals surface area contributed by atoms with Crippen molar-refractivity contribution >= 4 is 87.7 Å². The maximum Gasteiger partial charge on any atom is 0.344 e. The van der Waals surface area contributed by atoms with Gasteiger partial charge in [-0.3, -0.25) is 19.6 Å². The van der Waals surface area contributed by atoms with Crippen molar-refractivity contribution in [3.8, 4) is 11.5 Å². The molecule has 352 valence electrons. The Bertz CT molecular complexity index is 2780. The fourth-order valence-electron chi connectivity index (χ4n) is 7.21. The molecule has 9 N–H and O–H groups in total. The van der Waals surface area contributed by atoms with Crippen molar-refractivity contribution in [3.05, 3.63) is 153 Å². The van der Waals surface area contributed by atoms with Crippen molar-refractivity contribution in [2.24, 2.45) is 9.98 Å². The number of ether oxygens (including phenoxy) is 2. The zero-order valence-corrected chi connectivity index (χ0v) is 38.1. The van der Waals surface area contributed by atoms with E-state index in [4.69, 9.17) is 9.47 Å². The summed E-state index contributed by atoms with van der Waals surface area (Å²) in [6, 6.07) is 31.5. The second-order valence-corrected chi connectivity index (χ2v) is 16.5. The van der Waals surface area contributed by atoms with E-state index in [1.54, 1.807) is 49.4 Å². The number of benzene rings is 5. The number of hydrogen-bond acceptors (Lipinski definition) is 14. The highest BCUT2D eigenvalue weighted by atomic mass is 32.2. The lowest BCUT2D eigenvalue weighted by molar-refractivity contribution is -0.139. The molecule has 0 radical (unpaired) electrons. The largest absolute Gasteiger partial charge is 0.504 e. The van der Waals surface area contributed by atoms with Crippen molar-refractivity contribution in [3.63, 3.8) is 0 Å². The summed E-state index contributed by atoms with van der Waals surface area (Å²) in [5.74, 6) is -0.118. The number of nitrogens with zero attached hydrogens (tertiary/aromatic N) is 2. The molecule has 0 spiro atoms. The fraction of sp³-hybridized carbons (Fsp3) is 0.180. The van der Waals surface area contributed by atoms with E-state index in [1.807, 2.05) is 54.6 Å². The van der Waals surface area contributed by atoms with Gasteiger partial charge in [0.15, 0.2) is 11.5 Å². The van der Waals surface area contributed by atoms with Gasteiger partial charge in [-0.05, 0) is 116 Å². The minimum atomic E-state index is -0.732. The number of rotatable bonds is 17. The normalized spacial score (nSPS) is 14.5. The van der Waals surface area contributed by atoms with Gasteiger partial charge < -0.3 is 57.1 Å². The van der Waals surface area contributed by atoms with Crippen LogP contribution in [0.5, 0.6) is 11.5 Å². The van der Waals surface area contributed by atoms with Gasteiger partial charge in [0.1, 0.15) is 17.2 Å². The summed E-state index contributed by atoms with van der Waals surface area (Å²) in [4.78, 5) is 75.2. The molecule has 19 heteroatoms. The number of urea groups is 2. The zero-order valence-electron chi connectivity index (χ0n) is 37.3. The molecule has 0 bridgehead atoms. The van der Waals surface area contributed by atoms with E-state index in [-0.39, 0.29) is 58.7 Å². The number of esters is 1. The number of anilines is 5. The number of Topliss-reactive ketones (excluding diaryl/α,β-unsaturated/α-hetero) is 1. The van der Waals surface area contributed by atoms with Gasteiger partial charge in [-0.2, -0.15) is 0 Å². The van der Waals surface area contributed by atoms with Crippen LogP contribution in [0.3, 0.4) is 0 Å². The number of nitrogens with one attached hydrogen (secondary N) is 8. The summed E-state index contributed by atoms with van der Waals surface area (Å²) >= 11 is 1.09. The number of amidine groups is 2. The maximum atomic E-state index is 13.5. The van der Waals surface area contributed by atoms with Crippen molar-refractivity contribution < 1.29 is 38.6 Å². The third kappa shape index (κ3) is 12.5. The number of hydrogen-bond donors (Lipinski definition) is 9. The smallest absolute Gasteiger partial charge is 0.344 e. The lowest BCUT2D eigenvalue weighted by atomic mass is 10.1. The van der Waals surface area contributed by atoms with Crippen molar-refractivity contribution in [2.45, 2.75) is 13.3 Å². The van der Waals surface area contributed by atoms with Gasteiger partial charge in [0.25, 0.3) is 5.91 Å². The Hall–Kier alpha value is -8.58. The Morgan fingerprint density at radius 1 is 0.725 bits per heavy atom. The molecule has 0 aromatic heterocycles. The fourth-order valence-corrected chi connectivity index (χ4v) is 8.27. The summed E-state index contributed by atoms with van der Waals surface area (Å²) in [7, 11) is 0. The van der Waals surface area contributed by atoms with E-state index < -0.39 is 29.7 Å². The summed E-state index contributed by atoms with van der Waals surface area (Å²) in [5.41, 5.74) is 4.56. The molecule has 3 heterocycles. The Morgan fingerprint density at radius 2 is 1.32 bits per heavy atom. The summed E-state index contributed by atoms with van der Waals surface area (Å²) < 4.78 is 11.0. The molecule has 5 aromatic rings. The lowest BCUT2D eigenvalue weighted by Gasteiger charge is -2.14. The minimum absolute atomic E-state index is 0.0995. The van der Waals surface area contributed by atoms with Gasteiger partial charge in [0.05, 0.1) is 36.2 Å². The first-order valence-electron chi connectivity index (χ1n) is 22.1.